The predicted octanol–water partition coefficient (Wildman–Crippen LogP) is 2.92. The molecular weight excluding hydrogens is 288 g/mol. The normalized spacial score (nSPS) is 10.4. The van der Waals surface area contributed by atoms with Crippen LogP contribution in [0.5, 0.6) is 0 Å². The van der Waals surface area contributed by atoms with Crippen molar-refractivity contribution >= 4 is 11.8 Å². The van der Waals surface area contributed by atoms with Gasteiger partial charge in [0, 0.05) is 11.6 Å². The van der Waals surface area contributed by atoms with Gasteiger partial charge in [0.25, 0.3) is 5.91 Å². The third-order valence-electron chi connectivity index (χ3n) is 3.39. The van der Waals surface area contributed by atoms with Crippen LogP contribution in [0.3, 0.4) is 0 Å². The molecule has 2 rings (SSSR count). The second-order valence-corrected chi connectivity index (χ2v) is 5.85. The first kappa shape index (κ1) is 16.7. The molecule has 0 aliphatic carbocycles. The lowest BCUT2D eigenvalue weighted by Crippen LogP contribution is -2.39. The van der Waals surface area contributed by atoms with Gasteiger partial charge in [-0.15, -0.1) is 0 Å². The van der Waals surface area contributed by atoms with E-state index in [1.165, 1.54) is 5.56 Å². The number of nitrogens with one attached hydrogen (secondary N) is 2. The van der Waals surface area contributed by atoms with Gasteiger partial charge in [0.05, 0.1) is 6.54 Å². The summed E-state index contributed by atoms with van der Waals surface area (Å²) in [5.74, 6) is -0.441. The molecule has 0 aliphatic heterocycles. The molecule has 2 aromatic rings. The molecule has 23 heavy (non-hydrogen) atoms. The minimum Gasteiger partial charge on any atom is -0.352 e. The fraction of sp³-hybridized carbons (Fsp3) is 0.263. The number of amides is 2. The van der Waals surface area contributed by atoms with Crippen molar-refractivity contribution in [1.29, 1.82) is 0 Å². The van der Waals surface area contributed by atoms with Crippen LogP contribution in [-0.2, 0) is 4.79 Å². The Hall–Kier alpha value is -2.62. The van der Waals surface area contributed by atoms with Crippen LogP contribution in [0.1, 0.15) is 29.8 Å². The topological polar surface area (TPSA) is 58.2 Å². The molecule has 0 fully saturated rings. The summed E-state index contributed by atoms with van der Waals surface area (Å²) in [6, 6.07) is 15.7. The maximum atomic E-state index is 12.0. The lowest BCUT2D eigenvalue weighted by atomic mass is 10.0. The number of carbonyl (C=O) groups excluding carboxylic acids is 2. The molecule has 2 aromatic carbocycles. The van der Waals surface area contributed by atoms with E-state index in [4.69, 9.17) is 0 Å². The SMILES string of the molecule is Cc1ccc(-c2ccc(C(=O)NCC(=O)NC(C)C)cc2)cc1. The Labute approximate surface area is 136 Å². The maximum Gasteiger partial charge on any atom is 0.251 e. The molecule has 0 saturated carbocycles. The van der Waals surface area contributed by atoms with Crippen LogP contribution in [0, 0.1) is 6.92 Å². The summed E-state index contributed by atoms with van der Waals surface area (Å²) in [5.41, 5.74) is 3.92. The van der Waals surface area contributed by atoms with Crippen molar-refractivity contribution in [2.24, 2.45) is 0 Å². The minimum absolute atomic E-state index is 0.0171. The van der Waals surface area contributed by atoms with E-state index < -0.39 is 0 Å². The number of aryl methyl sites for hydroxylation is 1. The van der Waals surface area contributed by atoms with E-state index in [-0.39, 0.29) is 24.4 Å². The number of benzene rings is 2. The van der Waals surface area contributed by atoms with Crippen LogP contribution in [0.15, 0.2) is 48.5 Å². The minimum atomic E-state index is -0.251. The molecule has 0 saturated heterocycles. The third kappa shape index (κ3) is 4.95. The van der Waals surface area contributed by atoms with Crippen LogP contribution in [0.25, 0.3) is 11.1 Å². The van der Waals surface area contributed by atoms with E-state index in [0.29, 0.717) is 5.56 Å². The van der Waals surface area contributed by atoms with Crippen LogP contribution in [0.4, 0.5) is 0 Å². The van der Waals surface area contributed by atoms with Crippen molar-refractivity contribution in [2.45, 2.75) is 26.8 Å². The first-order chi connectivity index (χ1) is 11.0. The highest BCUT2D eigenvalue weighted by Gasteiger charge is 2.09. The van der Waals surface area contributed by atoms with Crippen LogP contribution in [0.2, 0.25) is 0 Å². The van der Waals surface area contributed by atoms with Gasteiger partial charge in [-0.1, -0.05) is 42.0 Å². The molecule has 0 atom stereocenters. The van der Waals surface area contributed by atoms with Gasteiger partial charge in [0.15, 0.2) is 0 Å². The van der Waals surface area contributed by atoms with Gasteiger partial charge in [-0.05, 0) is 44.0 Å². The average molecular weight is 310 g/mol. The fourth-order valence-electron chi connectivity index (χ4n) is 2.20. The summed E-state index contributed by atoms with van der Waals surface area (Å²) in [4.78, 5) is 23.6. The van der Waals surface area contributed by atoms with Crippen molar-refractivity contribution in [3.05, 3.63) is 59.7 Å². The van der Waals surface area contributed by atoms with Gasteiger partial charge in [-0.3, -0.25) is 9.59 Å². The summed E-state index contributed by atoms with van der Waals surface area (Å²) >= 11 is 0. The zero-order chi connectivity index (χ0) is 16.8. The monoisotopic (exact) mass is 310 g/mol. The molecule has 0 unspecified atom stereocenters. The zero-order valence-corrected chi connectivity index (χ0v) is 13.7. The number of hydrogen-bond donors (Lipinski definition) is 2. The maximum absolute atomic E-state index is 12.0. The molecule has 120 valence electrons. The quantitative estimate of drug-likeness (QED) is 0.892. The lowest BCUT2D eigenvalue weighted by Gasteiger charge is -2.09. The molecule has 4 nitrogen and oxygen atoms in total. The average Bonchev–Trinajstić information content (AvgIpc) is 2.53. The molecule has 0 heterocycles. The smallest absolute Gasteiger partial charge is 0.251 e. The number of hydrogen-bond acceptors (Lipinski definition) is 2. The van der Waals surface area contributed by atoms with Gasteiger partial charge in [-0.2, -0.15) is 0 Å². The Morgan fingerprint density at radius 3 is 1.96 bits per heavy atom. The lowest BCUT2D eigenvalue weighted by molar-refractivity contribution is -0.120. The van der Waals surface area contributed by atoms with Gasteiger partial charge in [0.2, 0.25) is 5.91 Å². The molecule has 0 radical (unpaired) electrons. The van der Waals surface area contributed by atoms with E-state index in [9.17, 15) is 9.59 Å². The highest BCUT2D eigenvalue weighted by atomic mass is 16.2. The van der Waals surface area contributed by atoms with E-state index >= 15 is 0 Å². The van der Waals surface area contributed by atoms with Gasteiger partial charge < -0.3 is 10.6 Å². The van der Waals surface area contributed by atoms with E-state index in [0.717, 1.165) is 11.1 Å². The van der Waals surface area contributed by atoms with Gasteiger partial charge >= 0.3 is 0 Å². The van der Waals surface area contributed by atoms with Crippen molar-refractivity contribution in [1.82, 2.24) is 10.6 Å². The van der Waals surface area contributed by atoms with E-state index in [1.54, 1.807) is 12.1 Å². The summed E-state index contributed by atoms with van der Waals surface area (Å²) in [7, 11) is 0. The molecular formula is C19H22N2O2. The number of carbonyl (C=O) groups is 2. The van der Waals surface area contributed by atoms with Gasteiger partial charge in [-0.25, -0.2) is 0 Å². The Bertz CT molecular complexity index is 674. The summed E-state index contributed by atoms with van der Waals surface area (Å²) in [6.07, 6.45) is 0. The highest BCUT2D eigenvalue weighted by Crippen LogP contribution is 2.20. The molecule has 0 aliphatic rings. The van der Waals surface area contributed by atoms with Crippen molar-refractivity contribution in [3.63, 3.8) is 0 Å². The molecule has 0 spiro atoms. The predicted molar refractivity (Wildman–Crippen MR) is 92.2 cm³/mol. The molecule has 0 bridgehead atoms. The van der Waals surface area contributed by atoms with Crippen molar-refractivity contribution < 1.29 is 9.59 Å². The summed E-state index contributed by atoms with van der Waals surface area (Å²) in [5, 5.41) is 5.35. The second kappa shape index (κ2) is 7.58. The Morgan fingerprint density at radius 2 is 1.43 bits per heavy atom. The van der Waals surface area contributed by atoms with E-state index in [1.807, 2.05) is 32.9 Å². The van der Waals surface area contributed by atoms with E-state index in [2.05, 4.69) is 34.9 Å². The molecule has 2 amide bonds. The van der Waals surface area contributed by atoms with Crippen LogP contribution in [-0.4, -0.2) is 24.4 Å². The Morgan fingerprint density at radius 1 is 0.913 bits per heavy atom. The highest BCUT2D eigenvalue weighted by molar-refractivity contribution is 5.96. The molecule has 2 N–H and O–H groups in total. The third-order valence-corrected chi connectivity index (χ3v) is 3.39. The Kier molecular flexibility index (Phi) is 5.52. The molecule has 0 aromatic heterocycles. The molecule has 4 heteroatoms. The first-order valence-corrected chi connectivity index (χ1v) is 7.70. The second-order valence-electron chi connectivity index (χ2n) is 5.85. The first-order valence-electron chi connectivity index (χ1n) is 7.70. The zero-order valence-electron chi connectivity index (χ0n) is 13.7. The summed E-state index contributed by atoms with van der Waals surface area (Å²) < 4.78 is 0. The van der Waals surface area contributed by atoms with Gasteiger partial charge in [0.1, 0.15) is 0 Å². The van der Waals surface area contributed by atoms with Crippen molar-refractivity contribution in [2.75, 3.05) is 6.54 Å². The number of rotatable bonds is 5. The standard InChI is InChI=1S/C19H22N2O2/c1-13(2)21-18(22)12-20-19(23)17-10-8-16(9-11-17)15-6-4-14(3)5-7-15/h4-11,13H,12H2,1-3H3,(H,20,23)(H,21,22). The fourth-order valence-corrected chi connectivity index (χ4v) is 2.20. The Balaban J connectivity index is 1.97. The summed E-state index contributed by atoms with van der Waals surface area (Å²) in [6.45, 7) is 5.79. The van der Waals surface area contributed by atoms with Crippen LogP contribution < -0.4 is 10.6 Å². The van der Waals surface area contributed by atoms with Crippen molar-refractivity contribution in [3.8, 4) is 11.1 Å². The van der Waals surface area contributed by atoms with Crippen LogP contribution >= 0.6 is 0 Å². The largest absolute Gasteiger partial charge is 0.352 e.